The molecule has 236 valence electrons. The summed E-state index contributed by atoms with van der Waals surface area (Å²) in [6.45, 7) is 4.83. The van der Waals surface area contributed by atoms with Gasteiger partial charge in [0.25, 0.3) is 5.91 Å². The molecule has 2 aromatic rings. The second-order valence-electron chi connectivity index (χ2n) is 11.6. The van der Waals surface area contributed by atoms with Crippen molar-refractivity contribution in [3.05, 3.63) is 71.8 Å². The number of aliphatic hydroxyl groups excluding tert-OH is 1. The van der Waals surface area contributed by atoms with Crippen LogP contribution in [0.15, 0.2) is 60.7 Å². The van der Waals surface area contributed by atoms with Gasteiger partial charge >= 0.3 is 6.09 Å². The Morgan fingerprint density at radius 1 is 1.00 bits per heavy atom. The summed E-state index contributed by atoms with van der Waals surface area (Å²) in [7, 11) is 0. The van der Waals surface area contributed by atoms with Gasteiger partial charge in [0.15, 0.2) is 11.9 Å². The van der Waals surface area contributed by atoms with Gasteiger partial charge in [0.05, 0.1) is 25.0 Å². The van der Waals surface area contributed by atoms with Gasteiger partial charge in [-0.15, -0.1) is 0 Å². The number of nitrogens with two attached hydrogens (primary N) is 1. The Hall–Kier alpha value is -4.62. The highest BCUT2D eigenvalue weighted by molar-refractivity contribution is 6.00. The van der Waals surface area contributed by atoms with Gasteiger partial charge in [0.2, 0.25) is 17.7 Å². The summed E-state index contributed by atoms with van der Waals surface area (Å²) in [4.78, 5) is 77.0. The van der Waals surface area contributed by atoms with Crippen LogP contribution < -0.4 is 21.7 Å². The Labute approximate surface area is 255 Å². The minimum Gasteiger partial charge on any atom is -0.444 e. The lowest BCUT2D eigenvalue weighted by Crippen LogP contribution is -2.58. The van der Waals surface area contributed by atoms with E-state index < -0.39 is 65.9 Å². The second-order valence-corrected chi connectivity index (χ2v) is 11.6. The maximum Gasteiger partial charge on any atom is 0.414 e. The van der Waals surface area contributed by atoms with Gasteiger partial charge in [-0.1, -0.05) is 60.7 Å². The number of carbonyl (C=O) groups is 6. The quantitative estimate of drug-likeness (QED) is 0.238. The maximum absolute atomic E-state index is 13.5. The number of imide groups is 1. The summed E-state index contributed by atoms with van der Waals surface area (Å²) in [5.41, 5.74) is 6.69. The molecule has 13 nitrogen and oxygen atoms in total. The molecule has 1 aliphatic heterocycles. The Kier molecular flexibility index (Phi) is 11.7. The van der Waals surface area contributed by atoms with Crippen LogP contribution in [0.3, 0.4) is 0 Å². The SMILES string of the molecule is CC(C)(C)NC(=O)[C@@H]1CC(=O)CN1C(=O)[C@@H](O)[C@H](Cc1ccccc1)NC(=O)[C@@H](N)CC(=O)NC(=O)OCc1ccccc1. The molecule has 0 aliphatic carbocycles. The van der Waals surface area contributed by atoms with E-state index in [1.807, 2.05) is 5.32 Å². The number of benzene rings is 2. The van der Waals surface area contributed by atoms with Crippen molar-refractivity contribution in [1.29, 1.82) is 0 Å². The summed E-state index contributed by atoms with van der Waals surface area (Å²) in [6.07, 6.45) is -3.68. The van der Waals surface area contributed by atoms with Gasteiger partial charge in [0.1, 0.15) is 12.6 Å². The van der Waals surface area contributed by atoms with Gasteiger partial charge < -0.3 is 31.1 Å². The van der Waals surface area contributed by atoms with Crippen LogP contribution in [0, 0.1) is 0 Å². The number of alkyl carbamates (subject to hydrolysis) is 1. The molecule has 2 aromatic carbocycles. The zero-order chi connectivity index (χ0) is 32.4. The molecule has 0 radical (unpaired) electrons. The van der Waals surface area contributed by atoms with Crippen LogP contribution in [0.5, 0.6) is 0 Å². The number of ketones is 1. The first-order valence-electron chi connectivity index (χ1n) is 14.2. The Bertz CT molecular complexity index is 1350. The minimum absolute atomic E-state index is 0.00907. The van der Waals surface area contributed by atoms with E-state index in [0.717, 1.165) is 4.90 Å². The fraction of sp³-hybridized carbons (Fsp3) is 0.419. The molecule has 4 atom stereocenters. The number of aliphatic hydroxyl groups is 1. The van der Waals surface area contributed by atoms with Gasteiger partial charge in [0, 0.05) is 12.0 Å². The zero-order valence-electron chi connectivity index (χ0n) is 24.9. The molecule has 0 spiro atoms. The van der Waals surface area contributed by atoms with Gasteiger partial charge in [-0.05, 0) is 38.3 Å². The molecule has 1 fully saturated rings. The summed E-state index contributed by atoms with van der Waals surface area (Å²) in [5.74, 6) is -3.55. The third kappa shape index (κ3) is 10.3. The molecule has 13 heteroatoms. The first kappa shape index (κ1) is 33.9. The van der Waals surface area contributed by atoms with Crippen molar-refractivity contribution in [3.8, 4) is 0 Å². The predicted octanol–water partition coefficient (Wildman–Crippen LogP) is 0.330. The molecule has 0 unspecified atom stereocenters. The molecule has 1 aliphatic rings. The molecule has 44 heavy (non-hydrogen) atoms. The van der Waals surface area contributed by atoms with Crippen LogP contribution >= 0.6 is 0 Å². The van der Waals surface area contributed by atoms with E-state index in [1.165, 1.54) is 0 Å². The van der Waals surface area contributed by atoms with E-state index in [9.17, 15) is 33.9 Å². The number of rotatable bonds is 11. The van der Waals surface area contributed by atoms with Crippen LogP contribution in [0.4, 0.5) is 4.79 Å². The lowest BCUT2D eigenvalue weighted by molar-refractivity contribution is -0.147. The second kappa shape index (κ2) is 15.2. The van der Waals surface area contributed by atoms with E-state index in [-0.39, 0.29) is 31.8 Å². The van der Waals surface area contributed by atoms with Gasteiger partial charge in [-0.2, -0.15) is 0 Å². The molecule has 1 heterocycles. The van der Waals surface area contributed by atoms with E-state index in [4.69, 9.17) is 10.5 Å². The van der Waals surface area contributed by atoms with Gasteiger partial charge in [-0.25, -0.2) is 4.79 Å². The van der Waals surface area contributed by atoms with Crippen molar-refractivity contribution in [3.63, 3.8) is 0 Å². The number of nitrogens with one attached hydrogen (secondary N) is 3. The maximum atomic E-state index is 13.5. The van der Waals surface area contributed by atoms with Crippen LogP contribution in [0.25, 0.3) is 0 Å². The highest BCUT2D eigenvalue weighted by Gasteiger charge is 2.43. The fourth-order valence-electron chi connectivity index (χ4n) is 4.57. The highest BCUT2D eigenvalue weighted by Crippen LogP contribution is 2.19. The number of hydrogen-bond acceptors (Lipinski definition) is 9. The summed E-state index contributed by atoms with van der Waals surface area (Å²) < 4.78 is 5.00. The number of hydrogen-bond donors (Lipinski definition) is 5. The lowest BCUT2D eigenvalue weighted by Gasteiger charge is -2.31. The fourth-order valence-corrected chi connectivity index (χ4v) is 4.57. The topological polar surface area (TPSA) is 197 Å². The molecule has 6 N–H and O–H groups in total. The number of Topliss-reactive ketones (excluding diaryl/α,β-unsaturated/α-hetero) is 1. The molecular formula is C31H39N5O8. The average Bonchev–Trinajstić information content (AvgIpc) is 3.36. The van der Waals surface area contributed by atoms with Crippen LogP contribution in [0.1, 0.15) is 44.7 Å². The number of likely N-dealkylation sites (tertiary alicyclic amines) is 1. The number of ether oxygens (including phenoxy) is 1. The van der Waals surface area contributed by atoms with E-state index >= 15 is 0 Å². The Balaban J connectivity index is 1.66. The normalized spacial score (nSPS) is 16.8. The molecule has 1 saturated heterocycles. The first-order valence-corrected chi connectivity index (χ1v) is 14.2. The predicted molar refractivity (Wildman–Crippen MR) is 158 cm³/mol. The van der Waals surface area contributed by atoms with E-state index in [0.29, 0.717) is 11.1 Å². The zero-order valence-corrected chi connectivity index (χ0v) is 24.9. The van der Waals surface area contributed by atoms with Crippen LogP contribution in [0.2, 0.25) is 0 Å². The highest BCUT2D eigenvalue weighted by atomic mass is 16.5. The van der Waals surface area contributed by atoms with Crippen LogP contribution in [-0.2, 0) is 41.7 Å². The monoisotopic (exact) mass is 609 g/mol. The summed E-state index contributed by atoms with van der Waals surface area (Å²) >= 11 is 0. The van der Waals surface area contributed by atoms with Crippen molar-refractivity contribution < 1.29 is 38.6 Å². The third-order valence-electron chi connectivity index (χ3n) is 6.68. The van der Waals surface area contributed by atoms with E-state index in [1.54, 1.807) is 81.4 Å². The van der Waals surface area contributed by atoms with E-state index in [2.05, 4.69) is 10.6 Å². The van der Waals surface area contributed by atoms with Gasteiger partial charge in [-0.3, -0.25) is 29.3 Å². The van der Waals surface area contributed by atoms with Crippen molar-refractivity contribution in [2.24, 2.45) is 5.73 Å². The van der Waals surface area contributed by atoms with Crippen molar-refractivity contribution in [2.45, 2.75) is 76.4 Å². The van der Waals surface area contributed by atoms with Crippen LogP contribution in [-0.4, -0.2) is 81.8 Å². The molecule has 0 aromatic heterocycles. The number of carbonyl (C=O) groups excluding carboxylic acids is 6. The number of nitrogens with zero attached hydrogens (tertiary/aromatic N) is 1. The smallest absolute Gasteiger partial charge is 0.414 e. The van der Waals surface area contributed by atoms with Crippen molar-refractivity contribution in [1.82, 2.24) is 20.9 Å². The summed E-state index contributed by atoms with van der Waals surface area (Å²) in [6, 6.07) is 13.7. The number of amides is 5. The molecule has 3 rings (SSSR count). The Morgan fingerprint density at radius 3 is 2.18 bits per heavy atom. The molecule has 0 saturated carbocycles. The third-order valence-corrected chi connectivity index (χ3v) is 6.68. The summed E-state index contributed by atoms with van der Waals surface area (Å²) in [5, 5.41) is 18.4. The minimum atomic E-state index is -1.86. The molecular weight excluding hydrogens is 570 g/mol. The largest absolute Gasteiger partial charge is 0.444 e. The Morgan fingerprint density at radius 2 is 1.59 bits per heavy atom. The lowest BCUT2D eigenvalue weighted by atomic mass is 9.99. The van der Waals surface area contributed by atoms with Crippen molar-refractivity contribution >= 4 is 35.5 Å². The molecule has 5 amide bonds. The first-order chi connectivity index (χ1) is 20.7. The van der Waals surface area contributed by atoms with Crippen molar-refractivity contribution in [2.75, 3.05) is 6.54 Å². The average molecular weight is 610 g/mol. The standard InChI is InChI=1S/C31H39N5O8/c1-31(2,3)35-28(41)24-15-21(37)17-36(24)29(42)26(39)23(14-19-10-6-4-7-11-19)33-27(40)22(32)16-25(38)34-30(43)44-18-20-12-8-5-9-13-20/h4-13,22-24,26,39H,14-18,32H2,1-3H3,(H,33,40)(H,35,41)(H,34,38,43)/t22-,23-,24-,26-/m0/s1. The molecule has 0 bridgehead atoms.